The fraction of sp³-hybridized carbons (Fsp3) is 0.263. The zero-order valence-corrected chi connectivity index (χ0v) is 16.2. The number of carbonyl (C=O) groups is 1. The Morgan fingerprint density at radius 2 is 1.97 bits per heavy atom. The van der Waals surface area contributed by atoms with Crippen LogP contribution in [0, 0.1) is 13.8 Å². The molecule has 3 rings (SSSR count). The third-order valence-corrected chi connectivity index (χ3v) is 3.94. The lowest BCUT2D eigenvalue weighted by atomic mass is 10.2. The van der Waals surface area contributed by atoms with Crippen molar-refractivity contribution in [2.45, 2.75) is 20.2 Å². The van der Waals surface area contributed by atoms with Gasteiger partial charge in [0.05, 0.1) is 0 Å². The summed E-state index contributed by atoms with van der Waals surface area (Å²) in [5.74, 6) is 1.60. The van der Waals surface area contributed by atoms with Gasteiger partial charge in [0.25, 0.3) is 5.91 Å². The number of benzene rings is 1. The summed E-state index contributed by atoms with van der Waals surface area (Å²) in [4.78, 5) is 25.0. The van der Waals surface area contributed by atoms with Crippen LogP contribution in [0.5, 0.6) is 5.75 Å². The molecule has 2 N–H and O–H groups in total. The summed E-state index contributed by atoms with van der Waals surface area (Å²) in [5, 5.41) is 5.71. The van der Waals surface area contributed by atoms with Crippen molar-refractivity contribution in [2.75, 3.05) is 18.4 Å². The molecule has 0 aliphatic rings. The van der Waals surface area contributed by atoms with Gasteiger partial charge < -0.3 is 15.4 Å². The van der Waals surface area contributed by atoms with Crippen LogP contribution in [0.1, 0.15) is 22.0 Å². The number of anilines is 1. The fourth-order valence-electron chi connectivity index (χ4n) is 2.69. The third kappa shape index (κ3) is 5.69. The molecule has 0 aliphatic carbocycles. The Hall–Kier alpha value is -3.63. The van der Waals surface area contributed by atoms with Crippen LogP contribution < -0.4 is 15.4 Å². The second-order valence-corrected chi connectivity index (χ2v) is 6.26. The Morgan fingerprint density at radius 1 is 1.17 bits per heavy atom. The van der Waals surface area contributed by atoms with Gasteiger partial charge in [-0.15, -0.1) is 13.2 Å². The molecule has 0 saturated heterocycles. The van der Waals surface area contributed by atoms with E-state index >= 15 is 0 Å². The molecule has 0 fully saturated rings. The fourth-order valence-corrected chi connectivity index (χ4v) is 2.69. The molecule has 3 aromatic rings. The molecule has 2 heterocycles. The maximum Gasteiger partial charge on any atom is 0.573 e. The van der Waals surface area contributed by atoms with E-state index in [-0.39, 0.29) is 12.1 Å². The number of amides is 1. The van der Waals surface area contributed by atoms with Crippen LogP contribution in [0.2, 0.25) is 0 Å². The van der Waals surface area contributed by atoms with Gasteiger partial charge in [-0.1, -0.05) is 6.07 Å². The number of ether oxygens (including phenoxy) is 1. The molecule has 0 atom stereocenters. The Bertz CT molecular complexity index is 1040. The minimum Gasteiger partial charge on any atom is -0.406 e. The van der Waals surface area contributed by atoms with E-state index in [2.05, 4.69) is 30.3 Å². The van der Waals surface area contributed by atoms with Crippen molar-refractivity contribution in [1.82, 2.24) is 24.8 Å². The molecule has 8 nitrogen and oxygen atoms in total. The summed E-state index contributed by atoms with van der Waals surface area (Å²) in [5.41, 5.74) is 0.0625. The molecule has 1 amide bonds. The Balaban J connectivity index is 1.55. The number of aromatic nitrogens is 4. The minimum absolute atomic E-state index is 0.0625. The van der Waals surface area contributed by atoms with E-state index < -0.39 is 18.0 Å². The van der Waals surface area contributed by atoms with Crippen molar-refractivity contribution < 1.29 is 22.7 Å². The summed E-state index contributed by atoms with van der Waals surface area (Å²) in [6.45, 7) is 4.20. The Kier molecular flexibility index (Phi) is 6.19. The van der Waals surface area contributed by atoms with Gasteiger partial charge in [-0.05, 0) is 32.0 Å². The summed E-state index contributed by atoms with van der Waals surface area (Å²) >= 11 is 0. The number of hydrogen-bond donors (Lipinski definition) is 2. The predicted octanol–water partition coefficient (Wildman–Crippen LogP) is 3.02. The maximum absolute atomic E-state index is 12.3. The van der Waals surface area contributed by atoms with Crippen molar-refractivity contribution in [1.29, 1.82) is 0 Å². The SMILES string of the molecule is Cc1nc(NCCNC(=O)c2cccc(OC(F)(F)F)c2)cc(-n2ccnc2C)n1. The first kappa shape index (κ1) is 21.1. The zero-order chi connectivity index (χ0) is 21.7. The smallest absolute Gasteiger partial charge is 0.406 e. The topological polar surface area (TPSA) is 94.0 Å². The molecule has 0 radical (unpaired) electrons. The number of aryl methyl sites for hydroxylation is 2. The number of alkyl halides is 3. The lowest BCUT2D eigenvalue weighted by molar-refractivity contribution is -0.274. The maximum atomic E-state index is 12.3. The second kappa shape index (κ2) is 8.80. The van der Waals surface area contributed by atoms with Crippen molar-refractivity contribution in [3.63, 3.8) is 0 Å². The average Bonchev–Trinajstić information content (AvgIpc) is 3.09. The molecule has 0 saturated carbocycles. The van der Waals surface area contributed by atoms with Crippen molar-refractivity contribution in [3.8, 4) is 11.6 Å². The predicted molar refractivity (Wildman–Crippen MR) is 103 cm³/mol. The lowest BCUT2D eigenvalue weighted by Gasteiger charge is -2.11. The van der Waals surface area contributed by atoms with Crippen LogP contribution >= 0.6 is 0 Å². The van der Waals surface area contributed by atoms with Gasteiger partial charge in [0.2, 0.25) is 0 Å². The van der Waals surface area contributed by atoms with E-state index in [1.807, 2.05) is 11.5 Å². The molecular weight excluding hydrogens is 401 g/mol. The first-order chi connectivity index (χ1) is 14.2. The summed E-state index contributed by atoms with van der Waals surface area (Å²) in [6, 6.07) is 6.63. The number of nitrogens with zero attached hydrogens (tertiary/aromatic N) is 4. The highest BCUT2D eigenvalue weighted by molar-refractivity contribution is 5.94. The molecule has 0 unspecified atom stereocenters. The molecular formula is C19H19F3N6O2. The standard InChI is InChI=1S/C19H19F3N6O2/c1-12-26-16(11-17(27-12)28-9-8-23-13(28)2)24-6-7-25-18(29)14-4-3-5-15(10-14)30-19(20,21)22/h3-5,8-11H,6-7H2,1-2H3,(H,25,29)(H,24,26,27). The zero-order valence-electron chi connectivity index (χ0n) is 16.2. The monoisotopic (exact) mass is 420 g/mol. The third-order valence-electron chi connectivity index (χ3n) is 3.94. The van der Waals surface area contributed by atoms with Crippen molar-refractivity contribution >= 4 is 11.7 Å². The highest BCUT2D eigenvalue weighted by Crippen LogP contribution is 2.23. The van der Waals surface area contributed by atoms with Crippen LogP contribution in [0.15, 0.2) is 42.7 Å². The normalized spacial score (nSPS) is 11.2. The van der Waals surface area contributed by atoms with Crippen LogP contribution in [0.25, 0.3) is 5.82 Å². The van der Waals surface area contributed by atoms with Crippen molar-refractivity contribution in [3.05, 3.63) is 59.9 Å². The van der Waals surface area contributed by atoms with Gasteiger partial charge in [-0.3, -0.25) is 9.36 Å². The molecule has 0 aliphatic heterocycles. The van der Waals surface area contributed by atoms with E-state index in [9.17, 15) is 18.0 Å². The lowest BCUT2D eigenvalue weighted by Crippen LogP contribution is -2.29. The number of imidazole rings is 1. The molecule has 0 spiro atoms. The minimum atomic E-state index is -4.82. The van der Waals surface area contributed by atoms with Crippen LogP contribution in [-0.4, -0.2) is 44.9 Å². The summed E-state index contributed by atoms with van der Waals surface area (Å²) < 4.78 is 42.6. The van der Waals surface area contributed by atoms with Gasteiger partial charge in [0.1, 0.15) is 29.0 Å². The second-order valence-electron chi connectivity index (χ2n) is 6.26. The van der Waals surface area contributed by atoms with Crippen molar-refractivity contribution in [2.24, 2.45) is 0 Å². The first-order valence-electron chi connectivity index (χ1n) is 8.95. The molecule has 1 aromatic carbocycles. The number of halogens is 3. The molecule has 158 valence electrons. The van der Waals surface area contributed by atoms with Gasteiger partial charge in [0, 0.05) is 37.1 Å². The number of nitrogens with one attached hydrogen (secondary N) is 2. The molecule has 2 aromatic heterocycles. The summed E-state index contributed by atoms with van der Waals surface area (Å²) in [7, 11) is 0. The van der Waals surface area contributed by atoms with Gasteiger partial charge in [0.15, 0.2) is 0 Å². The van der Waals surface area contributed by atoms with Crippen LogP contribution in [0.3, 0.4) is 0 Å². The van der Waals surface area contributed by atoms with Crippen LogP contribution in [-0.2, 0) is 0 Å². The van der Waals surface area contributed by atoms with E-state index in [4.69, 9.17) is 0 Å². The highest BCUT2D eigenvalue weighted by Gasteiger charge is 2.31. The van der Waals surface area contributed by atoms with E-state index in [0.29, 0.717) is 24.0 Å². The largest absolute Gasteiger partial charge is 0.573 e. The number of carbonyl (C=O) groups excluding carboxylic acids is 1. The van der Waals surface area contributed by atoms with Gasteiger partial charge in [-0.2, -0.15) is 0 Å². The quantitative estimate of drug-likeness (QED) is 0.571. The van der Waals surface area contributed by atoms with E-state index in [1.165, 1.54) is 12.1 Å². The molecule has 11 heteroatoms. The first-order valence-corrected chi connectivity index (χ1v) is 8.95. The van der Waals surface area contributed by atoms with E-state index in [1.54, 1.807) is 25.4 Å². The number of rotatable bonds is 7. The van der Waals surface area contributed by atoms with Gasteiger partial charge >= 0.3 is 6.36 Å². The summed E-state index contributed by atoms with van der Waals surface area (Å²) in [6.07, 6.45) is -1.36. The highest BCUT2D eigenvalue weighted by atomic mass is 19.4. The van der Waals surface area contributed by atoms with Gasteiger partial charge in [-0.25, -0.2) is 15.0 Å². The molecule has 0 bridgehead atoms. The number of hydrogen-bond acceptors (Lipinski definition) is 6. The molecule has 30 heavy (non-hydrogen) atoms. The van der Waals surface area contributed by atoms with E-state index in [0.717, 1.165) is 18.0 Å². The Labute approximate surface area is 170 Å². The van der Waals surface area contributed by atoms with Crippen LogP contribution in [0.4, 0.5) is 19.0 Å². The average molecular weight is 420 g/mol. The Morgan fingerprint density at radius 3 is 2.67 bits per heavy atom.